The largest absolute Gasteiger partial charge is 0.384 e. The normalized spacial score (nSPS) is 10.8. The molecule has 0 saturated heterocycles. The highest BCUT2D eigenvalue weighted by Gasteiger charge is 2.18. The van der Waals surface area contributed by atoms with Crippen LogP contribution in [-0.2, 0) is 0 Å². The van der Waals surface area contributed by atoms with Gasteiger partial charge in [0.15, 0.2) is 0 Å². The van der Waals surface area contributed by atoms with Crippen molar-refractivity contribution >= 4 is 23.3 Å². The zero-order valence-corrected chi connectivity index (χ0v) is 12.4. The molecule has 1 aromatic heterocycles. The first-order valence-corrected chi connectivity index (χ1v) is 6.69. The minimum Gasteiger partial charge on any atom is -0.384 e. The molecule has 1 rings (SSSR count). The number of hydrogen-bond acceptors (Lipinski definition) is 4. The fourth-order valence-corrected chi connectivity index (χ4v) is 1.92. The van der Waals surface area contributed by atoms with Gasteiger partial charge in [0.1, 0.15) is 11.5 Å². The molecule has 1 aromatic rings. The number of carbonyl (C=O) groups is 1. The molecule has 0 unspecified atom stereocenters. The molecule has 0 atom stereocenters. The summed E-state index contributed by atoms with van der Waals surface area (Å²) in [5, 5.41) is 0.338. The van der Waals surface area contributed by atoms with Crippen LogP contribution in [-0.4, -0.2) is 54.4 Å². The number of amides is 1. The second-order valence-electron chi connectivity index (χ2n) is 4.61. The molecule has 19 heavy (non-hydrogen) atoms. The summed E-state index contributed by atoms with van der Waals surface area (Å²) in [4.78, 5) is 20.2. The van der Waals surface area contributed by atoms with Gasteiger partial charge >= 0.3 is 0 Å². The van der Waals surface area contributed by atoms with E-state index in [4.69, 9.17) is 17.3 Å². The Labute approximate surface area is 119 Å². The van der Waals surface area contributed by atoms with Crippen LogP contribution in [0.5, 0.6) is 0 Å². The summed E-state index contributed by atoms with van der Waals surface area (Å²) in [6.07, 6.45) is 0.909. The zero-order chi connectivity index (χ0) is 14.4. The summed E-state index contributed by atoms with van der Waals surface area (Å²) < 4.78 is 0. The van der Waals surface area contributed by atoms with Crippen LogP contribution in [0.15, 0.2) is 12.1 Å². The van der Waals surface area contributed by atoms with E-state index in [2.05, 4.69) is 9.88 Å². The average molecular weight is 285 g/mol. The van der Waals surface area contributed by atoms with Crippen molar-refractivity contribution in [3.05, 3.63) is 22.8 Å². The van der Waals surface area contributed by atoms with Crippen LogP contribution < -0.4 is 5.73 Å². The lowest BCUT2D eigenvalue weighted by Gasteiger charge is -2.22. The Morgan fingerprint density at radius 3 is 2.63 bits per heavy atom. The molecule has 5 nitrogen and oxygen atoms in total. The van der Waals surface area contributed by atoms with Crippen LogP contribution in [0, 0.1) is 0 Å². The molecular formula is C13H21ClN4O. The van der Waals surface area contributed by atoms with Crippen LogP contribution in [0.2, 0.25) is 5.02 Å². The van der Waals surface area contributed by atoms with Crippen molar-refractivity contribution in [2.24, 2.45) is 0 Å². The molecule has 0 bridgehead atoms. The van der Waals surface area contributed by atoms with E-state index >= 15 is 0 Å². The molecule has 1 heterocycles. The number of anilines is 1. The SMILES string of the molecule is CCN(CCCN(C)C)C(=O)c1nc(N)ccc1Cl. The van der Waals surface area contributed by atoms with Crippen LogP contribution in [0.1, 0.15) is 23.8 Å². The third-order valence-corrected chi connectivity index (χ3v) is 3.08. The Kier molecular flexibility index (Phi) is 6.05. The number of nitrogens with zero attached hydrogens (tertiary/aromatic N) is 3. The third kappa shape index (κ3) is 4.69. The highest BCUT2D eigenvalue weighted by atomic mass is 35.5. The van der Waals surface area contributed by atoms with E-state index in [1.54, 1.807) is 17.0 Å². The number of carbonyl (C=O) groups excluding carboxylic acids is 1. The average Bonchev–Trinajstić information content (AvgIpc) is 2.36. The maximum Gasteiger partial charge on any atom is 0.274 e. The Hall–Kier alpha value is -1.33. The first-order valence-electron chi connectivity index (χ1n) is 6.31. The molecule has 6 heteroatoms. The highest BCUT2D eigenvalue weighted by Crippen LogP contribution is 2.17. The minimum absolute atomic E-state index is 0.168. The summed E-state index contributed by atoms with van der Waals surface area (Å²) in [7, 11) is 4.02. The minimum atomic E-state index is -0.168. The van der Waals surface area contributed by atoms with E-state index in [0.29, 0.717) is 23.9 Å². The van der Waals surface area contributed by atoms with Crippen LogP contribution in [0.25, 0.3) is 0 Å². The van der Waals surface area contributed by atoms with Gasteiger partial charge in [0.25, 0.3) is 5.91 Å². The van der Waals surface area contributed by atoms with E-state index in [9.17, 15) is 4.79 Å². The van der Waals surface area contributed by atoms with E-state index in [1.165, 1.54) is 0 Å². The molecule has 0 radical (unpaired) electrons. The predicted octanol–water partition coefficient (Wildman–Crippen LogP) is 1.73. The second kappa shape index (κ2) is 7.31. The monoisotopic (exact) mass is 284 g/mol. The van der Waals surface area contributed by atoms with Crippen molar-refractivity contribution in [1.29, 1.82) is 0 Å². The molecule has 106 valence electrons. The smallest absolute Gasteiger partial charge is 0.274 e. The van der Waals surface area contributed by atoms with Gasteiger partial charge in [0.05, 0.1) is 5.02 Å². The van der Waals surface area contributed by atoms with Gasteiger partial charge in [-0.05, 0) is 46.1 Å². The number of hydrogen-bond donors (Lipinski definition) is 1. The number of nitrogens with two attached hydrogens (primary N) is 1. The Balaban J connectivity index is 2.75. The van der Waals surface area contributed by atoms with Gasteiger partial charge in [0, 0.05) is 13.1 Å². The van der Waals surface area contributed by atoms with Crippen molar-refractivity contribution in [2.75, 3.05) is 39.5 Å². The fraction of sp³-hybridized carbons (Fsp3) is 0.538. The summed E-state index contributed by atoms with van der Waals surface area (Å²) in [6, 6.07) is 3.19. The first-order chi connectivity index (χ1) is 8.95. The molecular weight excluding hydrogens is 264 g/mol. The van der Waals surface area contributed by atoms with E-state index in [-0.39, 0.29) is 11.6 Å². The summed E-state index contributed by atoms with van der Waals surface area (Å²) in [5.74, 6) is 0.135. The van der Waals surface area contributed by atoms with Crippen LogP contribution >= 0.6 is 11.6 Å². The maximum absolute atomic E-state index is 12.3. The molecule has 0 aliphatic heterocycles. The topological polar surface area (TPSA) is 62.5 Å². The van der Waals surface area contributed by atoms with Crippen molar-refractivity contribution in [3.63, 3.8) is 0 Å². The van der Waals surface area contributed by atoms with Gasteiger partial charge in [-0.15, -0.1) is 0 Å². The number of pyridine rings is 1. The van der Waals surface area contributed by atoms with Crippen LogP contribution in [0.4, 0.5) is 5.82 Å². The Bertz CT molecular complexity index is 437. The maximum atomic E-state index is 12.3. The van der Waals surface area contributed by atoms with Crippen LogP contribution in [0.3, 0.4) is 0 Å². The van der Waals surface area contributed by atoms with Crippen molar-refractivity contribution in [3.8, 4) is 0 Å². The molecule has 2 N–H and O–H groups in total. The number of rotatable bonds is 6. The molecule has 0 aliphatic rings. The van der Waals surface area contributed by atoms with Gasteiger partial charge < -0.3 is 15.5 Å². The number of nitrogen functional groups attached to an aromatic ring is 1. The van der Waals surface area contributed by atoms with E-state index in [1.807, 2.05) is 21.0 Å². The third-order valence-electron chi connectivity index (χ3n) is 2.77. The number of halogens is 1. The lowest BCUT2D eigenvalue weighted by molar-refractivity contribution is 0.0753. The lowest BCUT2D eigenvalue weighted by atomic mass is 10.2. The van der Waals surface area contributed by atoms with Crippen molar-refractivity contribution in [2.45, 2.75) is 13.3 Å². The molecule has 0 aromatic carbocycles. The highest BCUT2D eigenvalue weighted by molar-refractivity contribution is 6.33. The summed E-state index contributed by atoms with van der Waals surface area (Å²) in [5.41, 5.74) is 5.83. The molecule has 0 aliphatic carbocycles. The molecule has 1 amide bonds. The Morgan fingerprint density at radius 1 is 1.37 bits per heavy atom. The molecule has 0 saturated carbocycles. The van der Waals surface area contributed by atoms with Gasteiger partial charge in [-0.3, -0.25) is 4.79 Å². The van der Waals surface area contributed by atoms with Gasteiger partial charge in [0.2, 0.25) is 0 Å². The quantitative estimate of drug-likeness (QED) is 0.864. The summed E-state index contributed by atoms with van der Waals surface area (Å²) >= 11 is 6.00. The molecule has 0 fully saturated rings. The first kappa shape index (κ1) is 15.7. The lowest BCUT2D eigenvalue weighted by Crippen LogP contribution is -2.34. The second-order valence-corrected chi connectivity index (χ2v) is 5.02. The van der Waals surface area contributed by atoms with Gasteiger partial charge in [-0.1, -0.05) is 11.6 Å². The number of aromatic nitrogens is 1. The van der Waals surface area contributed by atoms with E-state index < -0.39 is 0 Å². The predicted molar refractivity (Wildman–Crippen MR) is 78.4 cm³/mol. The van der Waals surface area contributed by atoms with Gasteiger partial charge in [-0.2, -0.15) is 0 Å². The fourth-order valence-electron chi connectivity index (χ4n) is 1.74. The standard InChI is InChI=1S/C13H21ClN4O/c1-4-18(9-5-8-17(2)3)13(19)12-10(14)6-7-11(15)16-12/h6-7H,4-5,8-9H2,1-3H3,(H2,15,16). The van der Waals surface area contributed by atoms with Gasteiger partial charge in [-0.25, -0.2) is 4.98 Å². The zero-order valence-electron chi connectivity index (χ0n) is 11.7. The summed E-state index contributed by atoms with van der Waals surface area (Å²) in [6.45, 7) is 4.18. The van der Waals surface area contributed by atoms with Crippen molar-refractivity contribution in [1.82, 2.24) is 14.8 Å². The Morgan fingerprint density at radius 2 is 2.05 bits per heavy atom. The van der Waals surface area contributed by atoms with Crippen molar-refractivity contribution < 1.29 is 4.79 Å². The molecule has 0 spiro atoms. The van der Waals surface area contributed by atoms with E-state index in [0.717, 1.165) is 13.0 Å².